The van der Waals surface area contributed by atoms with Crippen molar-refractivity contribution in [1.29, 1.82) is 5.26 Å². The number of nitrogens with one attached hydrogen (secondary N) is 2. The summed E-state index contributed by atoms with van der Waals surface area (Å²) in [5.74, 6) is -0.223. The summed E-state index contributed by atoms with van der Waals surface area (Å²) in [6.07, 6.45) is 3.67. The summed E-state index contributed by atoms with van der Waals surface area (Å²) in [5, 5.41) is 16.5. The smallest absolute Gasteiger partial charge is 0.270 e. The molecule has 164 valence electrons. The summed E-state index contributed by atoms with van der Waals surface area (Å²) >= 11 is 0. The summed E-state index contributed by atoms with van der Waals surface area (Å²) in [6.45, 7) is 4.43. The quantitative estimate of drug-likeness (QED) is 0.622. The molecule has 3 aromatic rings. The van der Waals surface area contributed by atoms with Gasteiger partial charge in [0, 0.05) is 35.4 Å². The van der Waals surface area contributed by atoms with Crippen molar-refractivity contribution in [2.75, 3.05) is 32.0 Å². The Morgan fingerprint density at radius 3 is 2.84 bits per heavy atom. The third-order valence-corrected chi connectivity index (χ3v) is 5.89. The highest BCUT2D eigenvalue weighted by Gasteiger charge is 2.20. The van der Waals surface area contributed by atoms with Crippen molar-refractivity contribution < 1.29 is 4.79 Å². The minimum Gasteiger partial charge on any atom is -0.383 e. The Balaban J connectivity index is 1.56. The average molecular weight is 429 g/mol. The van der Waals surface area contributed by atoms with Crippen LogP contribution in [0.15, 0.2) is 48.7 Å². The molecule has 1 fully saturated rings. The minimum atomic E-state index is -0.128. The standard InChI is InChI=1S/C25H28N6O/c1-17(15-26)16-28-23-8-11-27-22-7-6-18(14-20(22)23)21-4-3-5-24(30-21)25(32)29-19-9-12-31(2)13-10-19/h3-8,11,14,17,19H,9-10,12-13,16H2,1-2H3,(H,27,28)(H,29,32). The third kappa shape index (κ3) is 5.04. The Bertz CT molecular complexity index is 1150. The van der Waals surface area contributed by atoms with E-state index in [4.69, 9.17) is 5.26 Å². The van der Waals surface area contributed by atoms with Gasteiger partial charge in [-0.15, -0.1) is 0 Å². The molecule has 4 rings (SSSR count). The Morgan fingerprint density at radius 1 is 1.25 bits per heavy atom. The van der Waals surface area contributed by atoms with Gasteiger partial charge in [-0.2, -0.15) is 5.26 Å². The minimum absolute atomic E-state index is 0.0946. The summed E-state index contributed by atoms with van der Waals surface area (Å²) in [7, 11) is 2.10. The lowest BCUT2D eigenvalue weighted by Crippen LogP contribution is -2.43. The van der Waals surface area contributed by atoms with Crippen molar-refractivity contribution in [2.45, 2.75) is 25.8 Å². The fourth-order valence-electron chi connectivity index (χ4n) is 3.90. The van der Waals surface area contributed by atoms with E-state index in [1.54, 1.807) is 12.3 Å². The van der Waals surface area contributed by atoms with Crippen molar-refractivity contribution >= 4 is 22.5 Å². The fraction of sp³-hybridized carbons (Fsp3) is 0.360. The zero-order chi connectivity index (χ0) is 22.5. The van der Waals surface area contributed by atoms with Crippen LogP contribution >= 0.6 is 0 Å². The monoisotopic (exact) mass is 428 g/mol. The first-order valence-corrected chi connectivity index (χ1v) is 11.0. The van der Waals surface area contributed by atoms with Crippen LogP contribution in [0.4, 0.5) is 5.69 Å². The third-order valence-electron chi connectivity index (χ3n) is 5.89. The van der Waals surface area contributed by atoms with Crippen LogP contribution < -0.4 is 10.6 Å². The number of carbonyl (C=O) groups excluding carboxylic acids is 1. The van der Waals surface area contributed by atoms with Gasteiger partial charge in [-0.1, -0.05) is 12.1 Å². The SMILES string of the molecule is CC(C#N)CNc1ccnc2ccc(-c3cccc(C(=O)NC4CCN(C)CC4)n3)cc12. The van der Waals surface area contributed by atoms with E-state index in [1.165, 1.54) is 0 Å². The van der Waals surface area contributed by atoms with Crippen LogP contribution in [0.1, 0.15) is 30.3 Å². The van der Waals surface area contributed by atoms with E-state index < -0.39 is 0 Å². The highest BCUT2D eigenvalue weighted by molar-refractivity contribution is 5.95. The Kier molecular flexibility index (Phi) is 6.62. The predicted molar refractivity (Wildman–Crippen MR) is 126 cm³/mol. The largest absolute Gasteiger partial charge is 0.383 e. The molecular weight excluding hydrogens is 400 g/mol. The van der Waals surface area contributed by atoms with Gasteiger partial charge in [0.05, 0.1) is 23.2 Å². The second kappa shape index (κ2) is 9.75. The number of carbonyl (C=O) groups is 1. The molecule has 32 heavy (non-hydrogen) atoms. The molecule has 1 amide bonds. The number of nitriles is 1. The molecule has 1 saturated heterocycles. The lowest BCUT2D eigenvalue weighted by Gasteiger charge is -2.29. The maximum Gasteiger partial charge on any atom is 0.270 e. The number of rotatable bonds is 6. The van der Waals surface area contributed by atoms with Crippen molar-refractivity contribution in [2.24, 2.45) is 5.92 Å². The molecular formula is C25H28N6O. The number of benzene rings is 1. The maximum absolute atomic E-state index is 12.8. The van der Waals surface area contributed by atoms with Gasteiger partial charge in [-0.25, -0.2) is 4.98 Å². The molecule has 3 heterocycles. The molecule has 1 aromatic carbocycles. The van der Waals surface area contributed by atoms with Gasteiger partial charge in [0.2, 0.25) is 0 Å². The van der Waals surface area contributed by atoms with Gasteiger partial charge in [0.1, 0.15) is 5.69 Å². The number of fused-ring (bicyclic) bond motifs is 1. The van der Waals surface area contributed by atoms with Gasteiger partial charge < -0.3 is 15.5 Å². The number of pyridine rings is 2. The highest BCUT2D eigenvalue weighted by atomic mass is 16.1. The van der Waals surface area contributed by atoms with Crippen LogP contribution in [0, 0.1) is 17.2 Å². The van der Waals surface area contributed by atoms with Crippen molar-refractivity contribution in [3.63, 3.8) is 0 Å². The molecule has 0 aliphatic carbocycles. The topological polar surface area (TPSA) is 93.9 Å². The van der Waals surface area contributed by atoms with Crippen LogP contribution in [0.25, 0.3) is 22.2 Å². The summed E-state index contributed by atoms with van der Waals surface area (Å²) in [4.78, 5) is 24.2. The molecule has 0 bridgehead atoms. The first-order valence-electron chi connectivity index (χ1n) is 11.0. The van der Waals surface area contributed by atoms with E-state index in [1.807, 2.05) is 43.3 Å². The van der Waals surface area contributed by atoms with Crippen LogP contribution in [0.2, 0.25) is 0 Å². The average Bonchev–Trinajstić information content (AvgIpc) is 2.83. The van der Waals surface area contributed by atoms with Gasteiger partial charge in [0.25, 0.3) is 5.91 Å². The highest BCUT2D eigenvalue weighted by Crippen LogP contribution is 2.27. The maximum atomic E-state index is 12.8. The van der Waals surface area contributed by atoms with E-state index in [0.717, 1.165) is 53.8 Å². The molecule has 1 atom stereocenters. The normalized spacial score (nSPS) is 15.8. The number of nitrogens with zero attached hydrogens (tertiary/aromatic N) is 4. The summed E-state index contributed by atoms with van der Waals surface area (Å²) in [5.41, 5.74) is 3.86. The zero-order valence-electron chi connectivity index (χ0n) is 18.5. The number of anilines is 1. The Hall–Kier alpha value is -3.50. The molecule has 0 spiro atoms. The number of hydrogen-bond donors (Lipinski definition) is 2. The van der Waals surface area contributed by atoms with E-state index in [9.17, 15) is 4.79 Å². The van der Waals surface area contributed by atoms with Gasteiger partial charge in [-0.3, -0.25) is 9.78 Å². The molecule has 2 aromatic heterocycles. The van der Waals surface area contributed by atoms with Crippen molar-refractivity contribution in [3.8, 4) is 17.3 Å². The van der Waals surface area contributed by atoms with E-state index >= 15 is 0 Å². The molecule has 7 heteroatoms. The zero-order valence-corrected chi connectivity index (χ0v) is 18.5. The van der Waals surface area contributed by atoms with E-state index in [0.29, 0.717) is 12.2 Å². The van der Waals surface area contributed by atoms with Gasteiger partial charge in [0.15, 0.2) is 0 Å². The summed E-state index contributed by atoms with van der Waals surface area (Å²) < 4.78 is 0. The molecule has 1 unspecified atom stereocenters. The summed E-state index contributed by atoms with van der Waals surface area (Å²) in [6, 6.07) is 15.8. The van der Waals surface area contributed by atoms with E-state index in [2.05, 4.69) is 38.6 Å². The van der Waals surface area contributed by atoms with E-state index in [-0.39, 0.29) is 17.9 Å². The predicted octanol–water partition coefficient (Wildman–Crippen LogP) is 3.69. The van der Waals surface area contributed by atoms with Crippen LogP contribution in [-0.4, -0.2) is 53.5 Å². The molecule has 7 nitrogen and oxygen atoms in total. The molecule has 2 N–H and O–H groups in total. The number of hydrogen-bond acceptors (Lipinski definition) is 6. The number of likely N-dealkylation sites (tertiary alicyclic amines) is 1. The van der Waals surface area contributed by atoms with Crippen LogP contribution in [-0.2, 0) is 0 Å². The lowest BCUT2D eigenvalue weighted by molar-refractivity contribution is 0.0912. The molecule has 1 aliphatic rings. The second-order valence-corrected chi connectivity index (χ2v) is 8.46. The molecule has 1 aliphatic heterocycles. The Morgan fingerprint density at radius 2 is 2.06 bits per heavy atom. The number of amides is 1. The first kappa shape index (κ1) is 21.7. The van der Waals surface area contributed by atoms with Crippen LogP contribution in [0.5, 0.6) is 0 Å². The van der Waals surface area contributed by atoms with Crippen molar-refractivity contribution in [3.05, 3.63) is 54.4 Å². The molecule has 0 radical (unpaired) electrons. The second-order valence-electron chi connectivity index (χ2n) is 8.46. The number of piperidine rings is 1. The lowest BCUT2D eigenvalue weighted by atomic mass is 10.0. The Labute approximate surface area is 188 Å². The first-order chi connectivity index (χ1) is 15.5. The van der Waals surface area contributed by atoms with Gasteiger partial charge in [-0.05, 0) is 70.2 Å². The molecule has 0 saturated carbocycles. The van der Waals surface area contributed by atoms with Crippen LogP contribution in [0.3, 0.4) is 0 Å². The van der Waals surface area contributed by atoms with Crippen molar-refractivity contribution in [1.82, 2.24) is 20.2 Å². The number of aromatic nitrogens is 2. The van der Waals surface area contributed by atoms with Gasteiger partial charge >= 0.3 is 0 Å². The fourth-order valence-corrected chi connectivity index (χ4v) is 3.90.